The van der Waals surface area contributed by atoms with Crippen LogP contribution < -0.4 is 10.1 Å². The molecule has 2 aromatic rings. The number of methoxy groups -OCH3 is 2. The second-order valence-corrected chi connectivity index (χ2v) is 4.89. The number of hydrogen-bond acceptors (Lipinski definition) is 4. The van der Waals surface area contributed by atoms with E-state index in [1.54, 1.807) is 25.3 Å². The largest absolute Gasteiger partial charge is 0.504 e. The molecule has 0 saturated heterocycles. The molecule has 5 nitrogen and oxygen atoms in total. The van der Waals surface area contributed by atoms with E-state index >= 15 is 0 Å². The minimum atomic E-state index is -0.244. The van der Waals surface area contributed by atoms with E-state index in [0.29, 0.717) is 18.0 Å². The van der Waals surface area contributed by atoms with Crippen molar-refractivity contribution < 1.29 is 19.4 Å². The normalized spacial score (nSPS) is 10.7. The highest BCUT2D eigenvalue weighted by atomic mass is 16.5. The maximum absolute atomic E-state index is 12.0. The Bertz CT molecular complexity index is 710. The number of anilines is 1. The van der Waals surface area contributed by atoms with E-state index in [4.69, 9.17) is 9.47 Å². The van der Waals surface area contributed by atoms with Gasteiger partial charge >= 0.3 is 0 Å². The highest BCUT2D eigenvalue weighted by Gasteiger charge is 2.02. The van der Waals surface area contributed by atoms with Crippen molar-refractivity contribution in [2.24, 2.45) is 0 Å². The van der Waals surface area contributed by atoms with E-state index in [0.717, 1.165) is 11.1 Å². The molecule has 0 unspecified atom stereocenters. The smallest absolute Gasteiger partial charge is 0.248 e. The third-order valence-corrected chi connectivity index (χ3v) is 3.14. The summed E-state index contributed by atoms with van der Waals surface area (Å²) in [6, 6.07) is 12.3. The third kappa shape index (κ3) is 4.86. The minimum absolute atomic E-state index is 0.0593. The fourth-order valence-corrected chi connectivity index (χ4v) is 2.06. The Morgan fingerprint density at radius 3 is 2.78 bits per heavy atom. The van der Waals surface area contributed by atoms with Gasteiger partial charge in [0.05, 0.1) is 13.7 Å². The number of nitrogens with one attached hydrogen (secondary N) is 1. The van der Waals surface area contributed by atoms with Gasteiger partial charge in [0.15, 0.2) is 11.5 Å². The summed E-state index contributed by atoms with van der Waals surface area (Å²) in [7, 11) is 3.10. The predicted molar refractivity (Wildman–Crippen MR) is 89.5 cm³/mol. The summed E-state index contributed by atoms with van der Waals surface area (Å²) < 4.78 is 10.1. The number of hydrogen-bond donors (Lipinski definition) is 2. The van der Waals surface area contributed by atoms with Crippen LogP contribution in [0, 0.1) is 0 Å². The Morgan fingerprint density at radius 2 is 2.04 bits per heavy atom. The van der Waals surface area contributed by atoms with Gasteiger partial charge in [0.1, 0.15) is 0 Å². The van der Waals surface area contributed by atoms with E-state index in [-0.39, 0.29) is 11.7 Å². The van der Waals surface area contributed by atoms with Crippen molar-refractivity contribution in [3.63, 3.8) is 0 Å². The molecule has 0 aromatic heterocycles. The van der Waals surface area contributed by atoms with Gasteiger partial charge in [0.25, 0.3) is 0 Å². The zero-order valence-corrected chi connectivity index (χ0v) is 13.1. The molecule has 1 amide bonds. The molecule has 2 rings (SSSR count). The molecule has 23 heavy (non-hydrogen) atoms. The first-order valence-electron chi connectivity index (χ1n) is 7.06. The summed E-state index contributed by atoms with van der Waals surface area (Å²) >= 11 is 0. The number of amides is 1. The molecule has 2 N–H and O–H groups in total. The lowest BCUT2D eigenvalue weighted by molar-refractivity contribution is -0.111. The highest BCUT2D eigenvalue weighted by Crippen LogP contribution is 2.26. The van der Waals surface area contributed by atoms with Crippen LogP contribution in [0.1, 0.15) is 11.1 Å². The van der Waals surface area contributed by atoms with Gasteiger partial charge in [0.2, 0.25) is 5.91 Å². The Morgan fingerprint density at radius 1 is 1.22 bits per heavy atom. The van der Waals surface area contributed by atoms with Crippen LogP contribution in [0.4, 0.5) is 5.69 Å². The molecule has 0 aliphatic carbocycles. The van der Waals surface area contributed by atoms with Crippen LogP contribution in [0.25, 0.3) is 6.08 Å². The Kier molecular flexibility index (Phi) is 5.77. The molecule has 0 saturated carbocycles. The molecule has 0 aliphatic rings. The van der Waals surface area contributed by atoms with Crippen molar-refractivity contribution in [3.8, 4) is 11.5 Å². The molecule has 0 bridgehead atoms. The zero-order valence-electron chi connectivity index (χ0n) is 13.1. The second kappa shape index (κ2) is 8.00. The van der Waals surface area contributed by atoms with E-state index < -0.39 is 0 Å². The molecule has 0 atom stereocenters. The number of rotatable bonds is 6. The number of aromatic hydroxyl groups is 1. The molecule has 0 heterocycles. The van der Waals surface area contributed by atoms with Gasteiger partial charge in [-0.1, -0.05) is 18.2 Å². The summed E-state index contributed by atoms with van der Waals surface area (Å²) in [5, 5.41) is 12.3. The van der Waals surface area contributed by atoms with Crippen molar-refractivity contribution in [1.29, 1.82) is 0 Å². The summed E-state index contributed by atoms with van der Waals surface area (Å²) in [4.78, 5) is 12.0. The van der Waals surface area contributed by atoms with Gasteiger partial charge < -0.3 is 19.9 Å². The van der Waals surface area contributed by atoms with Crippen LogP contribution in [-0.4, -0.2) is 25.2 Å². The number of ether oxygens (including phenoxy) is 2. The Hall–Kier alpha value is -2.79. The summed E-state index contributed by atoms with van der Waals surface area (Å²) in [5.41, 5.74) is 2.44. The number of phenolic OH excluding ortho intramolecular Hbond substituents is 1. The lowest BCUT2D eigenvalue weighted by Crippen LogP contribution is -2.08. The van der Waals surface area contributed by atoms with E-state index in [2.05, 4.69) is 5.32 Å². The third-order valence-electron chi connectivity index (χ3n) is 3.14. The monoisotopic (exact) mass is 313 g/mol. The molecule has 0 aliphatic heterocycles. The molecule has 0 radical (unpaired) electrons. The van der Waals surface area contributed by atoms with E-state index in [1.807, 2.05) is 24.3 Å². The van der Waals surface area contributed by atoms with Gasteiger partial charge in [-0.25, -0.2) is 0 Å². The highest BCUT2D eigenvalue weighted by molar-refractivity contribution is 6.02. The Balaban J connectivity index is 2.03. The molecule has 2 aromatic carbocycles. The summed E-state index contributed by atoms with van der Waals surface area (Å²) in [5.74, 6) is 0.176. The van der Waals surface area contributed by atoms with Gasteiger partial charge in [-0.2, -0.15) is 0 Å². The summed E-state index contributed by atoms with van der Waals surface area (Å²) in [6.45, 7) is 0.493. The van der Waals surface area contributed by atoms with Crippen molar-refractivity contribution in [3.05, 3.63) is 59.7 Å². The average Bonchev–Trinajstić information content (AvgIpc) is 2.55. The second-order valence-electron chi connectivity index (χ2n) is 4.89. The molecule has 0 spiro atoms. The fourth-order valence-electron chi connectivity index (χ4n) is 2.06. The van der Waals surface area contributed by atoms with Crippen LogP contribution in [0.3, 0.4) is 0 Å². The molecule has 0 fully saturated rings. The SMILES string of the molecule is COCc1cccc(NC(=O)/C=C/c2ccc(O)c(OC)c2)c1. The standard InChI is InChI=1S/C18H19NO4/c1-22-12-14-4-3-5-15(10-14)19-18(21)9-7-13-6-8-16(20)17(11-13)23-2/h3-11,20H,12H2,1-2H3,(H,19,21)/b9-7+. The van der Waals surface area contributed by atoms with Crippen molar-refractivity contribution in [2.45, 2.75) is 6.61 Å². The zero-order chi connectivity index (χ0) is 16.7. The minimum Gasteiger partial charge on any atom is -0.504 e. The number of benzene rings is 2. The van der Waals surface area contributed by atoms with Crippen molar-refractivity contribution >= 4 is 17.7 Å². The topological polar surface area (TPSA) is 67.8 Å². The molecule has 120 valence electrons. The average molecular weight is 313 g/mol. The first kappa shape index (κ1) is 16.6. The van der Waals surface area contributed by atoms with Crippen LogP contribution in [0.2, 0.25) is 0 Å². The van der Waals surface area contributed by atoms with Crippen molar-refractivity contribution in [2.75, 3.05) is 19.5 Å². The molecular formula is C18H19NO4. The molecule has 5 heteroatoms. The van der Waals surface area contributed by atoms with E-state index in [9.17, 15) is 9.90 Å². The maximum Gasteiger partial charge on any atom is 0.248 e. The van der Waals surface area contributed by atoms with Crippen LogP contribution >= 0.6 is 0 Å². The number of phenols is 1. The van der Waals surface area contributed by atoms with Gasteiger partial charge in [0, 0.05) is 18.9 Å². The Labute approximate surface area is 135 Å². The lowest BCUT2D eigenvalue weighted by Gasteiger charge is -2.05. The molecular weight excluding hydrogens is 294 g/mol. The fraction of sp³-hybridized carbons (Fsp3) is 0.167. The summed E-state index contributed by atoms with van der Waals surface area (Å²) in [6.07, 6.45) is 3.07. The quantitative estimate of drug-likeness (QED) is 0.804. The maximum atomic E-state index is 12.0. The predicted octanol–water partition coefficient (Wildman–Crippen LogP) is 3.20. The lowest BCUT2D eigenvalue weighted by atomic mass is 10.2. The first-order chi connectivity index (χ1) is 11.1. The van der Waals surface area contributed by atoms with Crippen LogP contribution in [0.5, 0.6) is 11.5 Å². The van der Waals surface area contributed by atoms with Crippen LogP contribution in [0.15, 0.2) is 48.5 Å². The van der Waals surface area contributed by atoms with Gasteiger partial charge in [-0.3, -0.25) is 4.79 Å². The van der Waals surface area contributed by atoms with Crippen LogP contribution in [-0.2, 0) is 16.1 Å². The van der Waals surface area contributed by atoms with Gasteiger partial charge in [-0.05, 0) is 41.5 Å². The van der Waals surface area contributed by atoms with Gasteiger partial charge in [-0.15, -0.1) is 0 Å². The first-order valence-corrected chi connectivity index (χ1v) is 7.06. The number of carbonyl (C=O) groups is 1. The van der Waals surface area contributed by atoms with Crippen molar-refractivity contribution in [1.82, 2.24) is 0 Å². The number of carbonyl (C=O) groups excluding carboxylic acids is 1. The van der Waals surface area contributed by atoms with E-state index in [1.165, 1.54) is 19.3 Å².